The lowest BCUT2D eigenvalue weighted by Gasteiger charge is -2.23. The van der Waals surface area contributed by atoms with E-state index >= 15 is 0 Å². The molecule has 0 spiro atoms. The van der Waals surface area contributed by atoms with Gasteiger partial charge in [0.15, 0.2) is 9.84 Å². The monoisotopic (exact) mass is 311 g/mol. The highest BCUT2D eigenvalue weighted by Gasteiger charge is 2.35. The van der Waals surface area contributed by atoms with Gasteiger partial charge in [-0.25, -0.2) is 13.4 Å². The number of nitrogens with one attached hydrogen (secondary N) is 1. The Morgan fingerprint density at radius 2 is 2.14 bits per heavy atom. The third kappa shape index (κ3) is 2.75. The maximum absolute atomic E-state index is 12.2. The summed E-state index contributed by atoms with van der Waals surface area (Å²) in [6.45, 7) is 8.76. The Balaban J connectivity index is 2.02. The van der Waals surface area contributed by atoms with Crippen LogP contribution in [-0.2, 0) is 34.8 Å². The minimum Gasteiger partial charge on any atom is -0.330 e. The second kappa shape index (κ2) is 5.09. The SMILES string of the molecule is CC(C)(C)c1nc2c(n1CC1CCCS1(=O)=O)CCNC2. The van der Waals surface area contributed by atoms with Crippen molar-refractivity contribution in [2.24, 2.45) is 0 Å². The van der Waals surface area contributed by atoms with Crippen LogP contribution in [0.25, 0.3) is 0 Å². The van der Waals surface area contributed by atoms with Crippen molar-refractivity contribution >= 4 is 9.84 Å². The lowest BCUT2D eigenvalue weighted by Crippen LogP contribution is -2.30. The van der Waals surface area contributed by atoms with Crippen molar-refractivity contribution in [3.05, 3.63) is 17.2 Å². The largest absolute Gasteiger partial charge is 0.330 e. The third-order valence-electron chi connectivity index (χ3n) is 4.51. The summed E-state index contributed by atoms with van der Waals surface area (Å²) in [4.78, 5) is 4.82. The van der Waals surface area contributed by atoms with Gasteiger partial charge < -0.3 is 9.88 Å². The van der Waals surface area contributed by atoms with Crippen molar-refractivity contribution in [3.63, 3.8) is 0 Å². The van der Waals surface area contributed by atoms with Crippen LogP contribution in [0.15, 0.2) is 0 Å². The van der Waals surface area contributed by atoms with Crippen LogP contribution in [0, 0.1) is 0 Å². The third-order valence-corrected chi connectivity index (χ3v) is 6.76. The molecule has 1 atom stereocenters. The molecule has 118 valence electrons. The fourth-order valence-electron chi connectivity index (χ4n) is 3.41. The standard InChI is InChI=1S/C15H25N3O2S/c1-15(2,3)14-17-12-9-16-7-6-13(12)18(14)10-11-5-4-8-21(11,19)20/h11,16H,4-10H2,1-3H3. The molecule has 1 aromatic heterocycles. The van der Waals surface area contributed by atoms with Crippen LogP contribution >= 0.6 is 0 Å². The summed E-state index contributed by atoms with van der Waals surface area (Å²) in [6.07, 6.45) is 2.53. The molecule has 0 amide bonds. The maximum atomic E-state index is 12.2. The number of imidazole rings is 1. The highest BCUT2D eigenvalue weighted by atomic mass is 32.2. The van der Waals surface area contributed by atoms with Crippen LogP contribution in [0.2, 0.25) is 0 Å². The fourth-order valence-corrected chi connectivity index (χ4v) is 5.21. The first-order valence-electron chi connectivity index (χ1n) is 7.80. The molecular formula is C15H25N3O2S. The van der Waals surface area contributed by atoms with Gasteiger partial charge in [0, 0.05) is 37.2 Å². The molecule has 6 heteroatoms. The van der Waals surface area contributed by atoms with E-state index in [1.807, 2.05) is 0 Å². The minimum atomic E-state index is -2.92. The van der Waals surface area contributed by atoms with Crippen LogP contribution in [0.1, 0.15) is 50.8 Å². The highest BCUT2D eigenvalue weighted by Crippen LogP contribution is 2.29. The molecule has 1 unspecified atom stereocenters. The molecular weight excluding hydrogens is 286 g/mol. The number of rotatable bonds is 2. The average molecular weight is 311 g/mol. The Bertz CT molecular complexity index is 641. The summed E-state index contributed by atoms with van der Waals surface area (Å²) in [5.74, 6) is 1.37. The van der Waals surface area contributed by atoms with Gasteiger partial charge in [0.2, 0.25) is 0 Å². The molecule has 0 aromatic carbocycles. The van der Waals surface area contributed by atoms with Gasteiger partial charge in [-0.15, -0.1) is 0 Å². The van der Waals surface area contributed by atoms with E-state index < -0.39 is 9.84 Å². The molecule has 3 heterocycles. The van der Waals surface area contributed by atoms with Gasteiger partial charge >= 0.3 is 0 Å². The zero-order chi connectivity index (χ0) is 15.3. The van der Waals surface area contributed by atoms with E-state index in [1.165, 1.54) is 5.69 Å². The van der Waals surface area contributed by atoms with Crippen LogP contribution in [0.4, 0.5) is 0 Å². The molecule has 21 heavy (non-hydrogen) atoms. The quantitative estimate of drug-likeness (QED) is 0.897. The van der Waals surface area contributed by atoms with Gasteiger partial charge in [-0.1, -0.05) is 20.8 Å². The van der Waals surface area contributed by atoms with E-state index in [9.17, 15) is 8.42 Å². The molecule has 0 bridgehead atoms. The van der Waals surface area contributed by atoms with E-state index in [2.05, 4.69) is 30.7 Å². The molecule has 1 N–H and O–H groups in total. The van der Waals surface area contributed by atoms with Crippen molar-refractivity contribution in [2.45, 2.75) is 63.8 Å². The highest BCUT2D eigenvalue weighted by molar-refractivity contribution is 7.92. The fraction of sp³-hybridized carbons (Fsp3) is 0.800. The number of fused-ring (bicyclic) bond motifs is 1. The second-order valence-electron chi connectivity index (χ2n) is 7.25. The summed E-state index contributed by atoms with van der Waals surface area (Å²) < 4.78 is 26.6. The molecule has 2 aliphatic rings. The smallest absolute Gasteiger partial charge is 0.154 e. The van der Waals surface area contributed by atoms with E-state index in [0.29, 0.717) is 12.3 Å². The first-order valence-corrected chi connectivity index (χ1v) is 9.51. The lowest BCUT2D eigenvalue weighted by atomic mass is 9.95. The molecule has 1 fully saturated rings. The van der Waals surface area contributed by atoms with Crippen molar-refractivity contribution in [2.75, 3.05) is 12.3 Å². The Hall–Kier alpha value is -0.880. The van der Waals surface area contributed by atoms with Gasteiger partial charge in [-0.05, 0) is 12.8 Å². The van der Waals surface area contributed by atoms with Crippen LogP contribution in [-0.4, -0.2) is 35.5 Å². The van der Waals surface area contributed by atoms with Crippen LogP contribution in [0.5, 0.6) is 0 Å². The number of aromatic nitrogens is 2. The van der Waals surface area contributed by atoms with Gasteiger partial charge in [0.05, 0.1) is 16.7 Å². The average Bonchev–Trinajstić information content (AvgIpc) is 2.91. The first-order chi connectivity index (χ1) is 9.79. The molecule has 0 radical (unpaired) electrons. The molecule has 1 saturated heterocycles. The zero-order valence-corrected chi connectivity index (χ0v) is 14.0. The van der Waals surface area contributed by atoms with E-state index in [4.69, 9.17) is 4.98 Å². The maximum Gasteiger partial charge on any atom is 0.154 e. The number of hydrogen-bond acceptors (Lipinski definition) is 4. The van der Waals surface area contributed by atoms with Gasteiger partial charge in [-0.2, -0.15) is 0 Å². The summed E-state index contributed by atoms with van der Waals surface area (Å²) in [5.41, 5.74) is 2.27. The summed E-state index contributed by atoms with van der Waals surface area (Å²) >= 11 is 0. The van der Waals surface area contributed by atoms with Crippen LogP contribution < -0.4 is 5.32 Å². The first kappa shape index (κ1) is 15.0. The minimum absolute atomic E-state index is 0.0697. The molecule has 5 nitrogen and oxygen atoms in total. The van der Waals surface area contributed by atoms with Crippen LogP contribution in [0.3, 0.4) is 0 Å². The van der Waals surface area contributed by atoms with Gasteiger partial charge in [-0.3, -0.25) is 0 Å². The zero-order valence-electron chi connectivity index (χ0n) is 13.1. The van der Waals surface area contributed by atoms with Gasteiger partial charge in [0.25, 0.3) is 0 Å². The Morgan fingerprint density at radius 3 is 2.76 bits per heavy atom. The molecule has 3 rings (SSSR count). The van der Waals surface area contributed by atoms with E-state index in [0.717, 1.165) is 43.9 Å². The number of nitrogens with zero attached hydrogens (tertiary/aromatic N) is 2. The molecule has 0 saturated carbocycles. The summed E-state index contributed by atoms with van der Waals surface area (Å²) in [5, 5.41) is 3.12. The predicted octanol–water partition coefficient (Wildman–Crippen LogP) is 1.40. The molecule has 2 aliphatic heterocycles. The van der Waals surface area contributed by atoms with Crippen molar-refractivity contribution in [3.8, 4) is 0 Å². The van der Waals surface area contributed by atoms with Gasteiger partial charge in [0.1, 0.15) is 5.82 Å². The molecule has 1 aromatic rings. The molecule has 0 aliphatic carbocycles. The van der Waals surface area contributed by atoms with Crippen molar-refractivity contribution in [1.29, 1.82) is 0 Å². The second-order valence-corrected chi connectivity index (χ2v) is 9.65. The normalized spacial score (nSPS) is 25.0. The number of sulfone groups is 1. The lowest BCUT2D eigenvalue weighted by molar-refractivity contribution is 0.475. The Labute approximate surface area is 127 Å². The van der Waals surface area contributed by atoms with Crippen molar-refractivity contribution < 1.29 is 8.42 Å². The Kier molecular flexibility index (Phi) is 3.64. The Morgan fingerprint density at radius 1 is 1.38 bits per heavy atom. The topological polar surface area (TPSA) is 64.0 Å². The van der Waals surface area contributed by atoms with E-state index in [1.54, 1.807) is 0 Å². The van der Waals surface area contributed by atoms with Crippen molar-refractivity contribution in [1.82, 2.24) is 14.9 Å². The number of hydrogen-bond donors (Lipinski definition) is 1. The predicted molar refractivity (Wildman–Crippen MR) is 83.1 cm³/mol. The summed E-state index contributed by atoms with van der Waals surface area (Å²) in [7, 11) is -2.92. The summed E-state index contributed by atoms with van der Waals surface area (Å²) in [6, 6.07) is 0. The van der Waals surface area contributed by atoms with E-state index in [-0.39, 0.29) is 10.7 Å².